The number of hydrogen-bond donors (Lipinski definition) is 1. The average Bonchev–Trinajstić information content (AvgIpc) is 2.73. The van der Waals surface area contributed by atoms with Crippen molar-refractivity contribution >= 4 is 5.91 Å². The number of hydrogen-bond acceptors (Lipinski definition) is 2. The Morgan fingerprint density at radius 2 is 1.87 bits per heavy atom. The summed E-state index contributed by atoms with van der Waals surface area (Å²) >= 11 is 0. The molecule has 1 aliphatic heterocycles. The number of carbonyl (C=O) groups excluding carboxylic acids is 1. The highest BCUT2D eigenvalue weighted by Gasteiger charge is 2.62. The van der Waals surface area contributed by atoms with E-state index in [2.05, 4.69) is 25.7 Å². The smallest absolute Gasteiger partial charge is 0.222 e. The van der Waals surface area contributed by atoms with E-state index < -0.39 is 0 Å². The molecule has 0 unspecified atom stereocenters. The predicted octanol–water partition coefficient (Wildman–Crippen LogP) is 3.46. The summed E-state index contributed by atoms with van der Waals surface area (Å²) < 4.78 is 0. The molecule has 4 fully saturated rings. The van der Waals surface area contributed by atoms with Gasteiger partial charge < -0.3 is 10.0 Å². The molecule has 23 heavy (non-hydrogen) atoms. The summed E-state index contributed by atoms with van der Waals surface area (Å²) in [6, 6.07) is 0.441. The summed E-state index contributed by atoms with van der Waals surface area (Å²) in [5, 5.41) is 10.7. The van der Waals surface area contributed by atoms with E-state index in [-0.39, 0.29) is 11.5 Å². The molecule has 3 saturated carbocycles. The fourth-order valence-corrected chi connectivity index (χ4v) is 7.66. The van der Waals surface area contributed by atoms with Gasteiger partial charge in [0.15, 0.2) is 0 Å². The van der Waals surface area contributed by atoms with Crippen molar-refractivity contribution in [2.75, 3.05) is 7.05 Å². The van der Waals surface area contributed by atoms with E-state index in [1.807, 2.05) is 7.05 Å². The van der Waals surface area contributed by atoms with Crippen LogP contribution in [0.2, 0.25) is 0 Å². The third-order valence-corrected chi connectivity index (χ3v) is 8.82. The molecule has 0 radical (unpaired) electrons. The summed E-state index contributed by atoms with van der Waals surface area (Å²) in [7, 11) is 2.03. The molecule has 0 aromatic heterocycles. The first-order valence-corrected chi connectivity index (χ1v) is 9.73. The molecular formula is C20H33NO2. The number of likely N-dealkylation sites (tertiary alicyclic amines) is 1. The Morgan fingerprint density at radius 1 is 1.13 bits per heavy atom. The SMILES string of the molecule is C[C@@H]1C[C@H](O)[C@@]2(C)CC[C@H]3[C@@H](CC[C@H]4N(C)C(=O)CC[C@]34C)[C@H]12. The van der Waals surface area contributed by atoms with E-state index in [9.17, 15) is 9.90 Å². The molecule has 3 aliphatic carbocycles. The van der Waals surface area contributed by atoms with Gasteiger partial charge in [0, 0.05) is 19.5 Å². The highest BCUT2D eigenvalue weighted by atomic mass is 16.3. The standard InChI is InChI=1S/C20H33NO2/c1-12-11-16(22)20(3)9-7-14-13(18(12)20)5-6-15-19(14,2)10-8-17(23)21(15)4/h12-16,18,22H,5-11H2,1-4H3/t12-,13-,14+,15-,16+,18+,19-,20-/m1/s1. The fourth-order valence-electron chi connectivity index (χ4n) is 7.66. The minimum Gasteiger partial charge on any atom is -0.393 e. The molecule has 4 aliphatic rings. The topological polar surface area (TPSA) is 40.5 Å². The van der Waals surface area contributed by atoms with Crippen molar-refractivity contribution in [2.45, 2.75) is 77.9 Å². The fraction of sp³-hybridized carbons (Fsp3) is 0.950. The lowest BCUT2D eigenvalue weighted by atomic mass is 9.46. The van der Waals surface area contributed by atoms with E-state index in [4.69, 9.17) is 0 Å². The highest BCUT2D eigenvalue weighted by Crippen LogP contribution is 2.65. The Bertz CT molecular complexity index is 520. The number of aliphatic hydroxyl groups is 1. The van der Waals surface area contributed by atoms with E-state index >= 15 is 0 Å². The van der Waals surface area contributed by atoms with Crippen molar-refractivity contribution < 1.29 is 9.90 Å². The molecule has 8 atom stereocenters. The number of amides is 1. The van der Waals surface area contributed by atoms with Gasteiger partial charge in [-0.15, -0.1) is 0 Å². The van der Waals surface area contributed by atoms with Crippen molar-refractivity contribution in [1.29, 1.82) is 0 Å². The van der Waals surface area contributed by atoms with Crippen LogP contribution >= 0.6 is 0 Å². The summed E-state index contributed by atoms with van der Waals surface area (Å²) in [6.45, 7) is 7.19. The molecule has 1 N–H and O–H groups in total. The number of nitrogens with zero attached hydrogens (tertiary/aromatic N) is 1. The van der Waals surface area contributed by atoms with Gasteiger partial charge in [-0.1, -0.05) is 20.8 Å². The third kappa shape index (κ3) is 1.95. The van der Waals surface area contributed by atoms with Crippen molar-refractivity contribution in [3.63, 3.8) is 0 Å². The lowest BCUT2D eigenvalue weighted by molar-refractivity contribution is -0.161. The molecule has 1 saturated heterocycles. The predicted molar refractivity (Wildman–Crippen MR) is 90.7 cm³/mol. The second-order valence-corrected chi connectivity index (χ2v) is 9.67. The lowest BCUT2D eigenvalue weighted by Gasteiger charge is -2.62. The summed E-state index contributed by atoms with van der Waals surface area (Å²) in [5.41, 5.74) is 0.431. The van der Waals surface area contributed by atoms with Gasteiger partial charge in [0.05, 0.1) is 6.10 Å². The van der Waals surface area contributed by atoms with Crippen LogP contribution in [0.15, 0.2) is 0 Å². The van der Waals surface area contributed by atoms with Gasteiger partial charge in [-0.2, -0.15) is 0 Å². The minimum atomic E-state index is -0.107. The third-order valence-electron chi connectivity index (χ3n) is 8.82. The number of rotatable bonds is 0. The Kier molecular flexibility index (Phi) is 3.44. The van der Waals surface area contributed by atoms with Crippen LogP contribution in [0.4, 0.5) is 0 Å². The molecule has 0 bridgehead atoms. The van der Waals surface area contributed by atoms with Crippen molar-refractivity contribution in [3.8, 4) is 0 Å². The summed E-state index contributed by atoms with van der Waals surface area (Å²) in [6.07, 6.45) is 7.51. The van der Waals surface area contributed by atoms with E-state index in [1.54, 1.807) is 0 Å². The molecule has 130 valence electrons. The van der Waals surface area contributed by atoms with Crippen molar-refractivity contribution in [1.82, 2.24) is 4.90 Å². The molecule has 3 nitrogen and oxygen atoms in total. The molecule has 1 amide bonds. The Balaban J connectivity index is 1.68. The van der Waals surface area contributed by atoms with Crippen LogP contribution in [-0.4, -0.2) is 35.1 Å². The first-order valence-electron chi connectivity index (χ1n) is 9.73. The first-order chi connectivity index (χ1) is 10.8. The molecule has 0 aromatic carbocycles. The van der Waals surface area contributed by atoms with Crippen LogP contribution in [-0.2, 0) is 4.79 Å². The zero-order chi connectivity index (χ0) is 16.6. The Labute approximate surface area is 140 Å². The molecule has 4 rings (SSSR count). The maximum atomic E-state index is 12.2. The van der Waals surface area contributed by atoms with Gasteiger partial charge in [-0.3, -0.25) is 4.79 Å². The highest BCUT2D eigenvalue weighted by molar-refractivity contribution is 5.77. The Hall–Kier alpha value is -0.570. The van der Waals surface area contributed by atoms with E-state index in [0.717, 1.165) is 37.5 Å². The monoisotopic (exact) mass is 319 g/mol. The number of piperidine rings is 1. The quantitative estimate of drug-likeness (QED) is 0.743. The van der Waals surface area contributed by atoms with Crippen molar-refractivity contribution in [2.24, 2.45) is 34.5 Å². The van der Waals surface area contributed by atoms with E-state index in [0.29, 0.717) is 29.2 Å². The van der Waals surface area contributed by atoms with E-state index in [1.165, 1.54) is 19.3 Å². The number of fused-ring (bicyclic) bond motifs is 5. The average molecular weight is 319 g/mol. The van der Waals surface area contributed by atoms with Crippen LogP contribution in [0.3, 0.4) is 0 Å². The lowest BCUT2D eigenvalue weighted by Crippen LogP contribution is -2.61. The summed E-state index contributed by atoms with van der Waals surface area (Å²) in [4.78, 5) is 14.2. The Morgan fingerprint density at radius 3 is 2.61 bits per heavy atom. The van der Waals surface area contributed by atoms with Crippen LogP contribution < -0.4 is 0 Å². The molecular weight excluding hydrogens is 286 g/mol. The van der Waals surface area contributed by atoms with Gasteiger partial charge in [0.2, 0.25) is 5.91 Å². The molecule has 0 aromatic rings. The zero-order valence-corrected chi connectivity index (χ0v) is 15.2. The zero-order valence-electron chi connectivity index (χ0n) is 15.2. The second kappa shape index (κ2) is 4.97. The van der Waals surface area contributed by atoms with Gasteiger partial charge in [0.1, 0.15) is 0 Å². The second-order valence-electron chi connectivity index (χ2n) is 9.67. The van der Waals surface area contributed by atoms with Gasteiger partial charge in [0.25, 0.3) is 0 Å². The van der Waals surface area contributed by atoms with Crippen LogP contribution in [0.1, 0.15) is 65.7 Å². The van der Waals surface area contributed by atoms with Gasteiger partial charge >= 0.3 is 0 Å². The number of aliphatic hydroxyl groups excluding tert-OH is 1. The normalized spacial score (nSPS) is 56.0. The van der Waals surface area contributed by atoms with Crippen LogP contribution in [0.5, 0.6) is 0 Å². The number of carbonyl (C=O) groups is 1. The van der Waals surface area contributed by atoms with Crippen LogP contribution in [0, 0.1) is 34.5 Å². The van der Waals surface area contributed by atoms with Crippen LogP contribution in [0.25, 0.3) is 0 Å². The molecule has 0 spiro atoms. The van der Waals surface area contributed by atoms with Crippen molar-refractivity contribution in [3.05, 3.63) is 0 Å². The first kappa shape index (κ1) is 15.9. The maximum Gasteiger partial charge on any atom is 0.222 e. The molecule has 1 heterocycles. The van der Waals surface area contributed by atoms with Gasteiger partial charge in [-0.25, -0.2) is 0 Å². The van der Waals surface area contributed by atoms with Gasteiger partial charge in [-0.05, 0) is 73.0 Å². The molecule has 3 heteroatoms. The summed E-state index contributed by atoms with van der Waals surface area (Å²) in [5.74, 6) is 3.16. The maximum absolute atomic E-state index is 12.2. The largest absolute Gasteiger partial charge is 0.393 e. The minimum absolute atomic E-state index is 0.107.